The lowest BCUT2D eigenvalue weighted by atomic mass is 10.0. The number of benzene rings is 2. The van der Waals surface area contributed by atoms with Gasteiger partial charge in [-0.3, -0.25) is 24.6 Å². The second kappa shape index (κ2) is 9.52. The molecule has 178 valence electrons. The van der Waals surface area contributed by atoms with Crippen LogP contribution in [0.1, 0.15) is 49.4 Å². The molecule has 3 heterocycles. The Morgan fingerprint density at radius 2 is 2.06 bits per heavy atom. The van der Waals surface area contributed by atoms with Crippen molar-refractivity contribution in [2.45, 2.75) is 38.5 Å². The molecule has 2 aromatic carbocycles. The number of carbonyl (C=O) groups excluding carboxylic acids is 3. The summed E-state index contributed by atoms with van der Waals surface area (Å²) in [6.45, 7) is 2.23. The Labute approximate surface area is 206 Å². The molecule has 34 heavy (non-hydrogen) atoms. The predicted octanol–water partition coefficient (Wildman–Crippen LogP) is 2.00. The summed E-state index contributed by atoms with van der Waals surface area (Å²) in [7, 11) is 0. The monoisotopic (exact) mass is 474 g/mol. The Morgan fingerprint density at radius 3 is 2.85 bits per heavy atom. The topological polar surface area (TPSA) is 88.2 Å². The third-order valence-corrected chi connectivity index (χ3v) is 5.86. The lowest BCUT2D eigenvalue weighted by Crippen LogP contribution is -2.52. The van der Waals surface area contributed by atoms with E-state index < -0.39 is 79.2 Å². The second-order valence-corrected chi connectivity index (χ2v) is 8.08. The molecule has 0 radical (unpaired) electrons. The van der Waals surface area contributed by atoms with Gasteiger partial charge in [0.1, 0.15) is 24.2 Å². The van der Waals surface area contributed by atoms with Crippen LogP contribution in [0.15, 0.2) is 36.3 Å². The zero-order valence-corrected chi connectivity index (χ0v) is 18.1. The lowest BCUT2D eigenvalue weighted by Gasteiger charge is -2.29. The summed E-state index contributed by atoms with van der Waals surface area (Å²) in [5, 5.41) is 1.74. The van der Waals surface area contributed by atoms with Gasteiger partial charge in [-0.1, -0.05) is 18.2 Å². The number of ether oxygens (including phenoxy) is 2. The molecule has 3 aliphatic heterocycles. The van der Waals surface area contributed by atoms with Crippen molar-refractivity contribution in [3.63, 3.8) is 0 Å². The number of amides is 3. The number of imide groups is 1. The van der Waals surface area contributed by atoms with Gasteiger partial charge < -0.3 is 14.4 Å². The zero-order chi connectivity index (χ0) is 29.9. The predicted molar refractivity (Wildman–Crippen MR) is 119 cm³/mol. The van der Waals surface area contributed by atoms with E-state index in [2.05, 4.69) is 4.90 Å². The summed E-state index contributed by atoms with van der Waals surface area (Å²) < 4.78 is 83.1. The average Bonchev–Trinajstić information content (AvgIpc) is 3.24. The standard InChI is InChI=1S/C25H26FN3O5/c26-20-12-16(13-28-8-10-33-11-9-28)4-5-17(20)15-34-22-3-1-2-18-19(22)14-29(25(18)32)21-6-7-23(30)27-24(21)31/h1-5,12,21H,6-11,13-15H2,(H,27,30,31)/i1D,2D,3D,6D2,7D2. The van der Waals surface area contributed by atoms with Crippen LogP contribution in [0.25, 0.3) is 0 Å². The molecule has 2 aromatic rings. The maximum Gasteiger partial charge on any atom is 0.255 e. The summed E-state index contributed by atoms with van der Waals surface area (Å²) in [6, 6.07) is 0.643. The largest absolute Gasteiger partial charge is 0.488 e. The molecule has 3 amide bonds. The van der Waals surface area contributed by atoms with Crippen LogP contribution in [0.2, 0.25) is 0 Å². The van der Waals surface area contributed by atoms with Crippen LogP contribution in [-0.4, -0.2) is 59.9 Å². The average molecular weight is 475 g/mol. The van der Waals surface area contributed by atoms with E-state index in [0.717, 1.165) is 18.7 Å². The highest BCUT2D eigenvalue weighted by atomic mass is 19.1. The van der Waals surface area contributed by atoms with E-state index in [-0.39, 0.29) is 16.9 Å². The molecule has 1 unspecified atom stereocenters. The number of nitrogens with zero attached hydrogens (tertiary/aromatic N) is 2. The Morgan fingerprint density at radius 1 is 1.24 bits per heavy atom. The number of fused-ring (bicyclic) bond motifs is 1. The molecule has 0 spiro atoms. The van der Waals surface area contributed by atoms with Crippen LogP contribution in [0, 0.1) is 5.82 Å². The molecular weight excluding hydrogens is 441 g/mol. The van der Waals surface area contributed by atoms with Gasteiger partial charge in [0.15, 0.2) is 0 Å². The number of hydrogen-bond acceptors (Lipinski definition) is 6. The van der Waals surface area contributed by atoms with Crippen molar-refractivity contribution in [1.82, 2.24) is 15.1 Å². The van der Waals surface area contributed by atoms with E-state index in [1.54, 1.807) is 11.4 Å². The highest BCUT2D eigenvalue weighted by Gasteiger charge is 2.40. The Kier molecular flexibility index (Phi) is 4.36. The number of nitrogens with one attached hydrogen (secondary N) is 1. The van der Waals surface area contributed by atoms with E-state index in [1.165, 1.54) is 12.1 Å². The molecule has 5 rings (SSSR count). The number of rotatable bonds is 6. The highest BCUT2D eigenvalue weighted by molar-refractivity contribution is 6.05. The maximum atomic E-state index is 15.0. The van der Waals surface area contributed by atoms with Crippen molar-refractivity contribution in [1.29, 1.82) is 0 Å². The first kappa shape index (κ1) is 15.6. The van der Waals surface area contributed by atoms with Gasteiger partial charge >= 0.3 is 0 Å². The molecule has 0 bridgehead atoms. The van der Waals surface area contributed by atoms with Crippen LogP contribution >= 0.6 is 0 Å². The maximum absolute atomic E-state index is 15.0. The van der Waals surface area contributed by atoms with Gasteiger partial charge in [-0.15, -0.1) is 0 Å². The first-order valence-corrected chi connectivity index (χ1v) is 10.7. The molecule has 2 fully saturated rings. The number of halogens is 1. The van der Waals surface area contributed by atoms with Gasteiger partial charge in [0.2, 0.25) is 11.8 Å². The normalized spacial score (nSPS) is 26.9. The Bertz CT molecular complexity index is 1450. The summed E-state index contributed by atoms with van der Waals surface area (Å²) in [5.41, 5.74) is 0.359. The molecule has 1 N–H and O–H groups in total. The summed E-state index contributed by atoms with van der Waals surface area (Å²) in [4.78, 5) is 40.8. The van der Waals surface area contributed by atoms with Crippen molar-refractivity contribution in [3.8, 4) is 5.75 Å². The van der Waals surface area contributed by atoms with Crippen molar-refractivity contribution in [3.05, 3.63) is 64.4 Å². The van der Waals surface area contributed by atoms with Gasteiger partial charge in [0, 0.05) is 48.2 Å². The molecule has 8 nitrogen and oxygen atoms in total. The van der Waals surface area contributed by atoms with Gasteiger partial charge in [-0.05, 0) is 30.1 Å². The minimum absolute atomic E-state index is 0.0913. The van der Waals surface area contributed by atoms with Crippen LogP contribution in [-0.2, 0) is 34.0 Å². The first-order chi connectivity index (χ1) is 19.3. The Hall–Kier alpha value is -3.30. The summed E-state index contributed by atoms with van der Waals surface area (Å²) in [5.74, 6) is -4.68. The van der Waals surface area contributed by atoms with E-state index in [4.69, 9.17) is 19.1 Å². The Balaban J connectivity index is 1.42. The zero-order valence-electron chi connectivity index (χ0n) is 25.1. The molecular formula is C25H26FN3O5. The van der Waals surface area contributed by atoms with Crippen molar-refractivity contribution in [2.75, 3.05) is 26.3 Å². The molecule has 0 saturated carbocycles. The van der Waals surface area contributed by atoms with Crippen LogP contribution in [0.3, 0.4) is 0 Å². The van der Waals surface area contributed by atoms with E-state index in [1.807, 2.05) is 0 Å². The lowest BCUT2D eigenvalue weighted by molar-refractivity contribution is -0.136. The van der Waals surface area contributed by atoms with Gasteiger partial charge in [-0.2, -0.15) is 0 Å². The van der Waals surface area contributed by atoms with E-state index >= 15 is 0 Å². The second-order valence-electron chi connectivity index (χ2n) is 8.08. The fraction of sp³-hybridized carbons (Fsp3) is 0.400. The van der Waals surface area contributed by atoms with Crippen molar-refractivity contribution < 1.29 is 37.8 Å². The first-order valence-electron chi connectivity index (χ1n) is 14.2. The summed E-state index contributed by atoms with van der Waals surface area (Å²) >= 11 is 0. The van der Waals surface area contributed by atoms with Crippen molar-refractivity contribution in [2.24, 2.45) is 0 Å². The number of hydrogen-bond donors (Lipinski definition) is 1. The third-order valence-electron chi connectivity index (χ3n) is 5.86. The molecule has 1 atom stereocenters. The number of carbonyl (C=O) groups is 3. The smallest absolute Gasteiger partial charge is 0.255 e. The molecule has 9 heteroatoms. The van der Waals surface area contributed by atoms with Gasteiger partial charge in [0.25, 0.3) is 5.91 Å². The van der Waals surface area contributed by atoms with Crippen LogP contribution < -0.4 is 10.1 Å². The number of piperidine rings is 1. The van der Waals surface area contributed by atoms with Crippen LogP contribution in [0.5, 0.6) is 5.75 Å². The quantitative estimate of drug-likeness (QED) is 0.645. The summed E-state index contributed by atoms with van der Waals surface area (Å²) in [6.07, 6.45) is -6.32. The van der Waals surface area contributed by atoms with Crippen molar-refractivity contribution >= 4 is 17.7 Å². The van der Waals surface area contributed by atoms with Gasteiger partial charge in [0.05, 0.1) is 23.9 Å². The third kappa shape index (κ3) is 4.53. The van der Waals surface area contributed by atoms with E-state index in [9.17, 15) is 18.8 Å². The van der Waals surface area contributed by atoms with Gasteiger partial charge in [-0.25, -0.2) is 4.39 Å². The fourth-order valence-electron chi connectivity index (χ4n) is 4.07. The number of morpholine rings is 1. The molecule has 0 aliphatic carbocycles. The molecule has 0 aromatic heterocycles. The molecule has 3 aliphatic rings. The highest BCUT2D eigenvalue weighted by Crippen LogP contribution is 2.34. The SMILES string of the molecule is [2H]c1c([2H])c(OCc2ccc(CN3CCOCC3)cc2F)c2c(c1[2H])C(=O)N(C1C(=O)NC(=O)C([2H])([2H])C1([2H])[2H])C2. The molecule has 2 saturated heterocycles. The van der Waals surface area contributed by atoms with Crippen LogP contribution in [0.4, 0.5) is 4.39 Å². The fourth-order valence-corrected chi connectivity index (χ4v) is 4.07. The minimum Gasteiger partial charge on any atom is -0.488 e. The minimum atomic E-state index is -3.17. The van der Waals surface area contributed by atoms with E-state index in [0.29, 0.717) is 24.7 Å².